The Morgan fingerprint density at radius 1 is 1.15 bits per heavy atom. The summed E-state index contributed by atoms with van der Waals surface area (Å²) < 4.78 is 0. The summed E-state index contributed by atoms with van der Waals surface area (Å²) >= 11 is 0. The Morgan fingerprint density at radius 2 is 1.85 bits per heavy atom. The van der Waals surface area contributed by atoms with Crippen LogP contribution in [0.25, 0.3) is 6.08 Å². The third kappa shape index (κ3) is 5.96. The van der Waals surface area contributed by atoms with Crippen molar-refractivity contribution in [2.45, 2.75) is 70.0 Å². The first kappa shape index (κ1) is 19.1. The summed E-state index contributed by atoms with van der Waals surface area (Å²) in [7, 11) is 0. The Hall–Kier alpha value is -1.65. The van der Waals surface area contributed by atoms with Gasteiger partial charge in [-0.15, -0.1) is 0 Å². The molecule has 26 heavy (non-hydrogen) atoms. The molecule has 2 atom stereocenters. The summed E-state index contributed by atoms with van der Waals surface area (Å²) in [6, 6.07) is 12.4. The minimum Gasteiger partial charge on any atom is -0.481 e. The van der Waals surface area contributed by atoms with Crippen molar-refractivity contribution >= 4 is 12.0 Å². The third-order valence-corrected chi connectivity index (χ3v) is 5.75. The van der Waals surface area contributed by atoms with Gasteiger partial charge in [-0.3, -0.25) is 4.79 Å². The molecule has 4 heteroatoms. The van der Waals surface area contributed by atoms with Crippen LogP contribution >= 0.6 is 0 Å². The van der Waals surface area contributed by atoms with Gasteiger partial charge in [0.15, 0.2) is 0 Å². The first-order chi connectivity index (χ1) is 12.6. The molecule has 3 rings (SSSR count). The fourth-order valence-corrected chi connectivity index (χ4v) is 4.11. The van der Waals surface area contributed by atoms with E-state index in [9.17, 15) is 4.79 Å². The first-order valence-corrected chi connectivity index (χ1v) is 10.1. The molecule has 142 valence electrons. The predicted octanol–water partition coefficient (Wildman–Crippen LogP) is 3.83. The normalized spacial score (nSPS) is 28.7. The number of carbonyl (C=O) groups is 1. The number of carboxylic acids is 1. The molecule has 2 saturated carbocycles. The number of hydrogen-bond donors (Lipinski definition) is 3. The first-order valence-electron chi connectivity index (χ1n) is 10.1. The highest BCUT2D eigenvalue weighted by atomic mass is 16.4. The molecule has 3 N–H and O–H groups in total. The Morgan fingerprint density at radius 3 is 2.54 bits per heavy atom. The van der Waals surface area contributed by atoms with Gasteiger partial charge in [0.25, 0.3) is 0 Å². The van der Waals surface area contributed by atoms with E-state index in [1.54, 1.807) is 0 Å². The number of hydrogen-bond acceptors (Lipinski definition) is 3. The summed E-state index contributed by atoms with van der Waals surface area (Å²) in [5, 5.41) is 16.1. The van der Waals surface area contributed by atoms with Crippen LogP contribution in [-0.2, 0) is 4.79 Å². The molecule has 1 aromatic carbocycles. The molecule has 0 unspecified atom stereocenters. The highest BCUT2D eigenvalue weighted by Crippen LogP contribution is 2.39. The van der Waals surface area contributed by atoms with Crippen molar-refractivity contribution in [3.05, 3.63) is 41.5 Å². The van der Waals surface area contributed by atoms with Crippen LogP contribution in [0.15, 0.2) is 35.9 Å². The fraction of sp³-hybridized carbons (Fsp3) is 0.591. The Labute approximate surface area is 157 Å². The maximum Gasteiger partial charge on any atom is 0.303 e. The van der Waals surface area contributed by atoms with E-state index in [1.165, 1.54) is 43.2 Å². The molecule has 0 aliphatic heterocycles. The summed E-state index contributed by atoms with van der Waals surface area (Å²) in [6.07, 6.45) is 9.42. The average Bonchev–Trinajstić information content (AvgIpc) is 3.40. The Balaban J connectivity index is 1.33. The van der Waals surface area contributed by atoms with E-state index in [0.717, 1.165) is 13.0 Å². The fourth-order valence-electron chi connectivity index (χ4n) is 4.11. The summed E-state index contributed by atoms with van der Waals surface area (Å²) in [4.78, 5) is 10.5. The highest BCUT2D eigenvalue weighted by Gasteiger charge is 2.39. The monoisotopic (exact) mass is 356 g/mol. The van der Waals surface area contributed by atoms with E-state index in [-0.39, 0.29) is 6.42 Å². The van der Waals surface area contributed by atoms with Crippen molar-refractivity contribution in [3.8, 4) is 0 Å². The zero-order valence-electron chi connectivity index (χ0n) is 15.8. The number of carboxylic acid groups (broad SMARTS) is 1. The molecule has 0 radical (unpaired) electrons. The summed E-state index contributed by atoms with van der Waals surface area (Å²) in [5.41, 5.74) is 2.78. The minimum absolute atomic E-state index is 0.267. The van der Waals surface area contributed by atoms with Crippen LogP contribution in [0.2, 0.25) is 0 Å². The summed E-state index contributed by atoms with van der Waals surface area (Å²) in [5.74, 6) is -0.00243. The number of aliphatic carboxylic acids is 1. The molecule has 2 aliphatic carbocycles. The van der Waals surface area contributed by atoms with Gasteiger partial charge in [-0.1, -0.05) is 42.0 Å². The SMILES string of the molecule is C/C(=C\c1ccccc1)[C@@H]1C[C@H]1NC1CCC(NCCCC(=O)O)CC1. The van der Waals surface area contributed by atoms with Gasteiger partial charge in [0.05, 0.1) is 0 Å². The molecular weight excluding hydrogens is 324 g/mol. The molecule has 1 aromatic rings. The van der Waals surface area contributed by atoms with Crippen LogP contribution in [0.1, 0.15) is 57.4 Å². The second kappa shape index (κ2) is 9.33. The van der Waals surface area contributed by atoms with E-state index < -0.39 is 5.97 Å². The van der Waals surface area contributed by atoms with Crippen molar-refractivity contribution < 1.29 is 9.90 Å². The molecule has 0 amide bonds. The van der Waals surface area contributed by atoms with E-state index in [4.69, 9.17) is 5.11 Å². The van der Waals surface area contributed by atoms with Gasteiger partial charge in [0.2, 0.25) is 0 Å². The molecule has 0 saturated heterocycles. The standard InChI is InChI=1S/C22H32N2O2/c1-16(14-17-6-3-2-4-7-17)20-15-21(20)24-19-11-9-18(10-12-19)23-13-5-8-22(25)26/h2-4,6-7,14,18-21,23-24H,5,8-13,15H2,1H3,(H,25,26)/b16-14+/t18?,19?,20-,21+/m0/s1. The molecule has 2 fully saturated rings. The third-order valence-electron chi connectivity index (χ3n) is 5.75. The van der Waals surface area contributed by atoms with Crippen molar-refractivity contribution in [2.24, 2.45) is 5.92 Å². The van der Waals surface area contributed by atoms with E-state index >= 15 is 0 Å². The van der Waals surface area contributed by atoms with Gasteiger partial charge in [0.1, 0.15) is 0 Å². The van der Waals surface area contributed by atoms with Gasteiger partial charge in [-0.2, -0.15) is 0 Å². The molecule has 0 spiro atoms. The maximum absolute atomic E-state index is 10.5. The Kier molecular flexibility index (Phi) is 6.86. The average molecular weight is 357 g/mol. The second-order valence-electron chi connectivity index (χ2n) is 7.91. The quantitative estimate of drug-likeness (QED) is 0.589. The molecule has 0 bridgehead atoms. The van der Waals surface area contributed by atoms with Gasteiger partial charge in [-0.25, -0.2) is 0 Å². The zero-order chi connectivity index (χ0) is 18.4. The van der Waals surface area contributed by atoms with Crippen LogP contribution in [0, 0.1) is 5.92 Å². The van der Waals surface area contributed by atoms with Crippen molar-refractivity contribution in [3.63, 3.8) is 0 Å². The van der Waals surface area contributed by atoms with Gasteiger partial charge in [0, 0.05) is 24.5 Å². The van der Waals surface area contributed by atoms with Gasteiger partial charge in [-0.05, 0) is 63.5 Å². The minimum atomic E-state index is -0.699. The van der Waals surface area contributed by atoms with E-state index in [2.05, 4.69) is 54.0 Å². The lowest BCUT2D eigenvalue weighted by Gasteiger charge is -2.30. The molecule has 0 aromatic heterocycles. The highest BCUT2D eigenvalue weighted by molar-refractivity contribution is 5.66. The number of benzene rings is 1. The smallest absolute Gasteiger partial charge is 0.303 e. The lowest BCUT2D eigenvalue weighted by atomic mass is 9.91. The zero-order valence-corrected chi connectivity index (χ0v) is 15.8. The van der Waals surface area contributed by atoms with Crippen molar-refractivity contribution in [2.75, 3.05) is 6.54 Å². The van der Waals surface area contributed by atoms with Crippen LogP contribution in [0.5, 0.6) is 0 Å². The molecular formula is C22H32N2O2. The lowest BCUT2D eigenvalue weighted by Crippen LogP contribution is -2.41. The predicted molar refractivity (Wildman–Crippen MR) is 106 cm³/mol. The lowest BCUT2D eigenvalue weighted by molar-refractivity contribution is -0.137. The van der Waals surface area contributed by atoms with Crippen LogP contribution in [0.3, 0.4) is 0 Å². The number of nitrogens with one attached hydrogen (secondary N) is 2. The van der Waals surface area contributed by atoms with E-state index in [1.807, 2.05) is 0 Å². The van der Waals surface area contributed by atoms with Gasteiger partial charge < -0.3 is 15.7 Å². The second-order valence-corrected chi connectivity index (χ2v) is 7.91. The van der Waals surface area contributed by atoms with Gasteiger partial charge >= 0.3 is 5.97 Å². The van der Waals surface area contributed by atoms with Crippen molar-refractivity contribution in [1.82, 2.24) is 10.6 Å². The molecule has 0 heterocycles. The van der Waals surface area contributed by atoms with Crippen LogP contribution in [0.4, 0.5) is 0 Å². The largest absolute Gasteiger partial charge is 0.481 e. The molecule has 4 nitrogen and oxygen atoms in total. The topological polar surface area (TPSA) is 61.4 Å². The Bertz CT molecular complexity index is 606. The maximum atomic E-state index is 10.5. The summed E-state index contributed by atoms with van der Waals surface area (Å²) in [6.45, 7) is 3.08. The number of rotatable bonds is 9. The van der Waals surface area contributed by atoms with Crippen molar-refractivity contribution in [1.29, 1.82) is 0 Å². The van der Waals surface area contributed by atoms with E-state index in [0.29, 0.717) is 24.0 Å². The van der Waals surface area contributed by atoms with Crippen LogP contribution < -0.4 is 10.6 Å². The molecule has 2 aliphatic rings. The van der Waals surface area contributed by atoms with Crippen LogP contribution in [-0.4, -0.2) is 35.7 Å².